The highest BCUT2D eigenvalue weighted by molar-refractivity contribution is 5.22. The highest BCUT2D eigenvalue weighted by Gasteiger charge is 2.06. The van der Waals surface area contributed by atoms with Crippen molar-refractivity contribution in [2.75, 3.05) is 0 Å². The van der Waals surface area contributed by atoms with Crippen LogP contribution in [0.5, 0.6) is 0 Å². The summed E-state index contributed by atoms with van der Waals surface area (Å²) in [6.45, 7) is 4.40. The second-order valence-electron chi connectivity index (χ2n) is 5.59. The summed E-state index contributed by atoms with van der Waals surface area (Å²) in [7, 11) is 0. The smallest absolute Gasteiger partial charge is 0.0213 e. The van der Waals surface area contributed by atoms with Gasteiger partial charge in [-0.3, -0.25) is 11.3 Å². The zero-order valence-electron chi connectivity index (χ0n) is 12.6. The normalized spacial score (nSPS) is 12.6. The first-order chi connectivity index (χ1) is 9.26. The topological polar surface area (TPSA) is 38.0 Å². The number of hydrazine groups is 1. The Balaban J connectivity index is 2.21. The molecule has 3 N–H and O–H groups in total. The van der Waals surface area contributed by atoms with E-state index in [1.807, 2.05) is 0 Å². The van der Waals surface area contributed by atoms with Crippen LogP contribution >= 0.6 is 0 Å². The number of unbranched alkanes of at least 4 members (excludes halogenated alkanes) is 4. The average molecular weight is 262 g/mol. The zero-order chi connectivity index (χ0) is 13.9. The molecule has 1 aromatic rings. The first kappa shape index (κ1) is 16.2. The molecule has 2 heteroatoms. The molecule has 1 atom stereocenters. The van der Waals surface area contributed by atoms with Crippen LogP contribution in [0.15, 0.2) is 24.3 Å². The van der Waals surface area contributed by atoms with Gasteiger partial charge in [-0.25, -0.2) is 0 Å². The minimum absolute atomic E-state index is 0.460. The molecule has 1 rings (SSSR count). The van der Waals surface area contributed by atoms with E-state index in [-0.39, 0.29) is 0 Å². The van der Waals surface area contributed by atoms with Gasteiger partial charge < -0.3 is 0 Å². The highest BCUT2D eigenvalue weighted by Crippen LogP contribution is 2.12. The molecule has 1 aromatic carbocycles. The van der Waals surface area contributed by atoms with Crippen molar-refractivity contribution >= 4 is 0 Å². The Morgan fingerprint density at radius 1 is 1.11 bits per heavy atom. The second kappa shape index (κ2) is 9.99. The van der Waals surface area contributed by atoms with Crippen molar-refractivity contribution in [3.8, 4) is 0 Å². The third-order valence-corrected chi connectivity index (χ3v) is 3.76. The summed E-state index contributed by atoms with van der Waals surface area (Å²) in [5.74, 6) is 5.66. The lowest BCUT2D eigenvalue weighted by Gasteiger charge is -2.15. The van der Waals surface area contributed by atoms with E-state index in [4.69, 9.17) is 5.84 Å². The Kier molecular flexibility index (Phi) is 8.52. The summed E-state index contributed by atoms with van der Waals surface area (Å²) in [4.78, 5) is 0. The SMILES string of the molecule is CCCCCCCC(CCc1cccc(C)c1)NN. The van der Waals surface area contributed by atoms with Crippen molar-refractivity contribution in [2.24, 2.45) is 5.84 Å². The van der Waals surface area contributed by atoms with E-state index in [0.29, 0.717) is 6.04 Å². The van der Waals surface area contributed by atoms with Gasteiger partial charge in [-0.1, -0.05) is 68.9 Å². The third-order valence-electron chi connectivity index (χ3n) is 3.76. The Morgan fingerprint density at radius 2 is 1.89 bits per heavy atom. The van der Waals surface area contributed by atoms with Crippen LogP contribution in [-0.2, 0) is 6.42 Å². The summed E-state index contributed by atoms with van der Waals surface area (Å²) in [6, 6.07) is 9.23. The standard InChI is InChI=1S/C17H30N2/c1-3-4-5-6-7-11-17(19-18)13-12-16-10-8-9-15(2)14-16/h8-10,14,17,19H,3-7,11-13,18H2,1-2H3. The average Bonchev–Trinajstić information content (AvgIpc) is 2.42. The first-order valence-corrected chi connectivity index (χ1v) is 7.78. The van der Waals surface area contributed by atoms with E-state index in [1.54, 1.807) is 0 Å². The van der Waals surface area contributed by atoms with E-state index in [0.717, 1.165) is 12.8 Å². The number of nitrogens with one attached hydrogen (secondary N) is 1. The maximum Gasteiger partial charge on any atom is 0.0213 e. The van der Waals surface area contributed by atoms with Crippen molar-refractivity contribution in [1.82, 2.24) is 5.43 Å². The molecule has 0 fully saturated rings. The maximum atomic E-state index is 5.66. The van der Waals surface area contributed by atoms with E-state index >= 15 is 0 Å². The molecule has 0 saturated carbocycles. The summed E-state index contributed by atoms with van der Waals surface area (Å²) in [5.41, 5.74) is 5.74. The summed E-state index contributed by atoms with van der Waals surface area (Å²) in [5, 5.41) is 0. The van der Waals surface area contributed by atoms with E-state index in [1.165, 1.54) is 49.7 Å². The summed E-state index contributed by atoms with van der Waals surface area (Å²) < 4.78 is 0. The molecule has 19 heavy (non-hydrogen) atoms. The summed E-state index contributed by atoms with van der Waals surface area (Å²) in [6.07, 6.45) is 10.1. The van der Waals surface area contributed by atoms with Crippen LogP contribution in [0.3, 0.4) is 0 Å². The van der Waals surface area contributed by atoms with Crippen LogP contribution in [0.1, 0.15) is 63.0 Å². The van der Waals surface area contributed by atoms with Crippen LogP contribution in [-0.4, -0.2) is 6.04 Å². The van der Waals surface area contributed by atoms with Crippen molar-refractivity contribution in [1.29, 1.82) is 0 Å². The molecule has 0 radical (unpaired) electrons. The molecule has 0 saturated heterocycles. The predicted molar refractivity (Wildman–Crippen MR) is 84.0 cm³/mol. The zero-order valence-corrected chi connectivity index (χ0v) is 12.6. The minimum Gasteiger partial charge on any atom is -0.271 e. The van der Waals surface area contributed by atoms with E-state index in [9.17, 15) is 0 Å². The number of hydrogen-bond donors (Lipinski definition) is 2. The maximum absolute atomic E-state index is 5.66. The van der Waals surface area contributed by atoms with Crippen molar-refractivity contribution in [3.05, 3.63) is 35.4 Å². The molecule has 0 aliphatic carbocycles. The second-order valence-corrected chi connectivity index (χ2v) is 5.59. The van der Waals surface area contributed by atoms with Crippen LogP contribution < -0.4 is 11.3 Å². The molecule has 108 valence electrons. The van der Waals surface area contributed by atoms with Gasteiger partial charge >= 0.3 is 0 Å². The first-order valence-electron chi connectivity index (χ1n) is 7.78. The van der Waals surface area contributed by atoms with Gasteiger partial charge in [0.15, 0.2) is 0 Å². The Morgan fingerprint density at radius 3 is 2.58 bits per heavy atom. The number of nitrogens with two attached hydrogens (primary N) is 1. The third kappa shape index (κ3) is 7.34. The lowest BCUT2D eigenvalue weighted by Crippen LogP contribution is -2.35. The summed E-state index contributed by atoms with van der Waals surface area (Å²) >= 11 is 0. The molecule has 0 aliphatic rings. The van der Waals surface area contributed by atoms with Gasteiger partial charge in [-0.2, -0.15) is 0 Å². The Labute approximate surface area is 118 Å². The Hall–Kier alpha value is -0.860. The molecule has 0 aliphatic heterocycles. The molecular weight excluding hydrogens is 232 g/mol. The van der Waals surface area contributed by atoms with Gasteiger partial charge in [0.1, 0.15) is 0 Å². The van der Waals surface area contributed by atoms with Gasteiger partial charge in [0, 0.05) is 6.04 Å². The van der Waals surface area contributed by atoms with E-state index in [2.05, 4.69) is 43.5 Å². The van der Waals surface area contributed by atoms with Gasteiger partial charge in [0.2, 0.25) is 0 Å². The molecule has 0 aromatic heterocycles. The predicted octanol–water partition coefficient (Wildman–Crippen LogP) is 4.12. The largest absolute Gasteiger partial charge is 0.271 e. The van der Waals surface area contributed by atoms with Crippen LogP contribution in [0.25, 0.3) is 0 Å². The fourth-order valence-corrected chi connectivity index (χ4v) is 2.51. The molecule has 2 nitrogen and oxygen atoms in total. The molecule has 0 bridgehead atoms. The number of benzene rings is 1. The van der Waals surface area contributed by atoms with Crippen LogP contribution in [0.4, 0.5) is 0 Å². The minimum atomic E-state index is 0.460. The van der Waals surface area contributed by atoms with Crippen molar-refractivity contribution in [2.45, 2.75) is 71.3 Å². The molecular formula is C17H30N2. The van der Waals surface area contributed by atoms with Crippen molar-refractivity contribution in [3.63, 3.8) is 0 Å². The highest BCUT2D eigenvalue weighted by atomic mass is 15.2. The molecule has 0 amide bonds. The number of aryl methyl sites for hydroxylation is 2. The van der Waals surface area contributed by atoms with Gasteiger partial charge in [0.05, 0.1) is 0 Å². The van der Waals surface area contributed by atoms with Gasteiger partial charge in [0.25, 0.3) is 0 Å². The quantitative estimate of drug-likeness (QED) is 0.378. The fourth-order valence-electron chi connectivity index (χ4n) is 2.51. The Bertz CT molecular complexity index is 336. The van der Waals surface area contributed by atoms with Gasteiger partial charge in [-0.05, 0) is 31.7 Å². The fraction of sp³-hybridized carbons (Fsp3) is 0.647. The van der Waals surface area contributed by atoms with Crippen LogP contribution in [0.2, 0.25) is 0 Å². The van der Waals surface area contributed by atoms with E-state index < -0.39 is 0 Å². The number of hydrogen-bond acceptors (Lipinski definition) is 2. The lowest BCUT2D eigenvalue weighted by atomic mass is 9.99. The van der Waals surface area contributed by atoms with Crippen LogP contribution in [0, 0.1) is 6.92 Å². The molecule has 0 heterocycles. The van der Waals surface area contributed by atoms with Crippen molar-refractivity contribution < 1.29 is 0 Å². The monoisotopic (exact) mass is 262 g/mol. The lowest BCUT2D eigenvalue weighted by molar-refractivity contribution is 0.439. The molecule has 1 unspecified atom stereocenters. The number of rotatable bonds is 10. The van der Waals surface area contributed by atoms with Gasteiger partial charge in [-0.15, -0.1) is 0 Å². The molecule has 0 spiro atoms.